The number of aromatic nitrogens is 3. The van der Waals surface area contributed by atoms with Crippen LogP contribution in [0.1, 0.15) is 34.7 Å². The summed E-state index contributed by atoms with van der Waals surface area (Å²) >= 11 is 0. The van der Waals surface area contributed by atoms with Crippen LogP contribution in [0, 0.1) is 0 Å². The molecule has 4 N–H and O–H groups in total. The SMILES string of the molecule is CC(C)=NNC(=O)c1c(=O)n(N)[nH][n+]1CC(=O)c1ccccc1. The molecule has 23 heavy (non-hydrogen) atoms. The topological polar surface area (TPSA) is 126 Å². The fourth-order valence-electron chi connectivity index (χ4n) is 1.86. The third-order valence-electron chi connectivity index (χ3n) is 2.91. The number of benzene rings is 1. The van der Waals surface area contributed by atoms with E-state index in [2.05, 4.69) is 15.7 Å². The summed E-state index contributed by atoms with van der Waals surface area (Å²) in [6.07, 6.45) is 0. The zero-order valence-corrected chi connectivity index (χ0v) is 12.7. The van der Waals surface area contributed by atoms with Crippen molar-refractivity contribution in [2.45, 2.75) is 20.4 Å². The molecule has 2 rings (SSSR count). The van der Waals surface area contributed by atoms with Crippen LogP contribution in [0.5, 0.6) is 0 Å². The van der Waals surface area contributed by atoms with Crippen molar-refractivity contribution in [3.05, 3.63) is 51.9 Å². The largest absolute Gasteiger partial charge is 0.430 e. The number of carbonyl (C=O) groups excluding carboxylic acids is 2. The average Bonchev–Trinajstić information content (AvgIpc) is 2.80. The first-order valence-electron chi connectivity index (χ1n) is 6.79. The highest BCUT2D eigenvalue weighted by Crippen LogP contribution is 1.99. The number of hydrazone groups is 1. The minimum atomic E-state index is -0.757. The van der Waals surface area contributed by atoms with Gasteiger partial charge >= 0.3 is 17.2 Å². The van der Waals surface area contributed by atoms with Crippen LogP contribution in [0.25, 0.3) is 0 Å². The van der Waals surface area contributed by atoms with Crippen LogP contribution in [0.4, 0.5) is 0 Å². The summed E-state index contributed by atoms with van der Waals surface area (Å²) in [5.74, 6) is 4.42. The highest BCUT2D eigenvalue weighted by Gasteiger charge is 2.29. The maximum absolute atomic E-state index is 12.2. The van der Waals surface area contributed by atoms with Gasteiger partial charge in [0, 0.05) is 11.3 Å². The van der Waals surface area contributed by atoms with Crippen molar-refractivity contribution in [2.24, 2.45) is 5.10 Å². The predicted molar refractivity (Wildman–Crippen MR) is 82.4 cm³/mol. The van der Waals surface area contributed by atoms with Crippen molar-refractivity contribution in [1.82, 2.24) is 15.4 Å². The smallest absolute Gasteiger partial charge is 0.290 e. The molecular formula is C14H17N6O3+. The maximum atomic E-state index is 12.2. The number of nitrogens with one attached hydrogen (secondary N) is 2. The fourth-order valence-corrected chi connectivity index (χ4v) is 1.86. The molecule has 0 saturated carbocycles. The van der Waals surface area contributed by atoms with Crippen molar-refractivity contribution < 1.29 is 14.3 Å². The van der Waals surface area contributed by atoms with Crippen molar-refractivity contribution in [3.8, 4) is 0 Å². The van der Waals surface area contributed by atoms with Gasteiger partial charge in [0.1, 0.15) is 0 Å². The van der Waals surface area contributed by atoms with Crippen molar-refractivity contribution in [1.29, 1.82) is 0 Å². The molecule has 1 aromatic heterocycles. The molecule has 0 fully saturated rings. The first-order valence-corrected chi connectivity index (χ1v) is 6.79. The number of aromatic amines is 1. The molecular weight excluding hydrogens is 300 g/mol. The number of hydrogen-bond acceptors (Lipinski definition) is 5. The van der Waals surface area contributed by atoms with Gasteiger partial charge in [0.25, 0.3) is 0 Å². The van der Waals surface area contributed by atoms with Crippen LogP contribution in [0.3, 0.4) is 0 Å². The number of nitrogens with two attached hydrogens (primary N) is 1. The third-order valence-corrected chi connectivity index (χ3v) is 2.91. The van der Waals surface area contributed by atoms with Gasteiger partial charge in [0.2, 0.25) is 5.78 Å². The Morgan fingerprint density at radius 1 is 1.30 bits per heavy atom. The molecule has 120 valence electrons. The lowest BCUT2D eigenvalue weighted by Gasteiger charge is -2.00. The molecule has 0 bridgehead atoms. The lowest BCUT2D eigenvalue weighted by atomic mass is 10.1. The maximum Gasteiger partial charge on any atom is 0.430 e. The summed E-state index contributed by atoms with van der Waals surface area (Å²) in [5.41, 5.74) is 2.24. The van der Waals surface area contributed by atoms with Gasteiger partial charge < -0.3 is 0 Å². The molecule has 0 atom stereocenters. The lowest BCUT2D eigenvalue weighted by molar-refractivity contribution is -0.744. The van der Waals surface area contributed by atoms with E-state index < -0.39 is 11.5 Å². The Kier molecular flexibility index (Phi) is 4.69. The second-order valence-electron chi connectivity index (χ2n) is 5.00. The quantitative estimate of drug-likeness (QED) is 0.219. The van der Waals surface area contributed by atoms with Crippen molar-refractivity contribution in [2.75, 3.05) is 5.84 Å². The first kappa shape index (κ1) is 16.1. The van der Waals surface area contributed by atoms with Crippen molar-refractivity contribution >= 4 is 17.4 Å². The number of amides is 1. The van der Waals surface area contributed by atoms with Gasteiger partial charge in [-0.3, -0.25) is 9.59 Å². The summed E-state index contributed by atoms with van der Waals surface area (Å²) in [6, 6.07) is 8.52. The van der Waals surface area contributed by atoms with Gasteiger partial charge in [0.05, 0.1) is 0 Å². The van der Waals surface area contributed by atoms with Gasteiger partial charge in [-0.2, -0.15) is 5.10 Å². The number of Topliss-reactive ketones (excluding diaryl/α,β-unsaturated/α-hetero) is 1. The van der Waals surface area contributed by atoms with E-state index in [1.807, 2.05) is 0 Å². The molecule has 0 saturated heterocycles. The summed E-state index contributed by atoms with van der Waals surface area (Å²) in [6.45, 7) is 3.14. The molecule has 0 aliphatic heterocycles. The monoisotopic (exact) mass is 317 g/mol. The molecule has 9 nitrogen and oxygen atoms in total. The Morgan fingerprint density at radius 2 is 1.96 bits per heavy atom. The van der Waals surface area contributed by atoms with Gasteiger partial charge in [0.15, 0.2) is 6.54 Å². The normalized spacial score (nSPS) is 10.2. The summed E-state index contributed by atoms with van der Waals surface area (Å²) < 4.78 is 1.09. The van der Waals surface area contributed by atoms with E-state index in [1.165, 1.54) is 0 Å². The lowest BCUT2D eigenvalue weighted by Crippen LogP contribution is -2.48. The molecule has 1 aromatic carbocycles. The van der Waals surface area contributed by atoms with E-state index >= 15 is 0 Å². The molecule has 0 spiro atoms. The second kappa shape index (κ2) is 6.69. The minimum Gasteiger partial charge on any atom is -0.290 e. The van der Waals surface area contributed by atoms with Gasteiger partial charge in [-0.15, -0.1) is 4.68 Å². The van der Waals surface area contributed by atoms with Crippen LogP contribution in [-0.2, 0) is 6.54 Å². The third kappa shape index (κ3) is 3.70. The van der Waals surface area contributed by atoms with Gasteiger partial charge in [-0.25, -0.2) is 16.1 Å². The molecule has 0 unspecified atom stereocenters. The standard InChI is InChI=1S/C14H16N6O3/c1-9(2)16-17-13(22)12-14(23)20(15)18-19(12)8-11(21)10-6-4-3-5-7-10/h3-7H,8H2,1-2H3,(H3-,15,17,18,22,23)/p+1. The number of nitrogens with zero attached hydrogens (tertiary/aromatic N) is 3. The zero-order valence-electron chi connectivity index (χ0n) is 12.7. The van der Waals surface area contributed by atoms with Crippen LogP contribution >= 0.6 is 0 Å². The number of carbonyl (C=O) groups is 2. The number of rotatable bonds is 5. The van der Waals surface area contributed by atoms with E-state index in [1.54, 1.807) is 44.2 Å². The van der Waals surface area contributed by atoms with E-state index in [0.717, 1.165) is 4.68 Å². The van der Waals surface area contributed by atoms with Crippen LogP contribution in [0.15, 0.2) is 40.2 Å². The van der Waals surface area contributed by atoms with Gasteiger partial charge in [-0.1, -0.05) is 35.5 Å². The van der Waals surface area contributed by atoms with Crippen LogP contribution in [-0.4, -0.2) is 27.4 Å². The highest BCUT2D eigenvalue weighted by atomic mass is 16.2. The Balaban J connectivity index is 2.31. The molecule has 9 heteroatoms. The molecule has 0 aliphatic rings. The first-order chi connectivity index (χ1) is 10.9. The highest BCUT2D eigenvalue weighted by molar-refractivity contribution is 5.95. The molecule has 0 radical (unpaired) electrons. The fraction of sp³-hybridized carbons (Fsp3) is 0.214. The van der Waals surface area contributed by atoms with Crippen molar-refractivity contribution in [3.63, 3.8) is 0 Å². The zero-order chi connectivity index (χ0) is 17.0. The number of H-pyrrole nitrogens is 1. The number of nitrogen functional groups attached to an aromatic ring is 1. The predicted octanol–water partition coefficient (Wildman–Crippen LogP) is -0.814. The number of hydrogen-bond donors (Lipinski definition) is 3. The van der Waals surface area contributed by atoms with Gasteiger partial charge in [-0.05, 0) is 18.6 Å². The summed E-state index contributed by atoms with van der Waals surface area (Å²) in [5, 5.41) is 6.20. The summed E-state index contributed by atoms with van der Waals surface area (Å²) in [7, 11) is 0. The summed E-state index contributed by atoms with van der Waals surface area (Å²) in [4.78, 5) is 36.9. The number of ketones is 1. The average molecular weight is 317 g/mol. The molecule has 2 aromatic rings. The Labute approximate surface area is 131 Å². The van der Waals surface area contributed by atoms with E-state index in [-0.39, 0.29) is 18.0 Å². The van der Waals surface area contributed by atoms with E-state index in [9.17, 15) is 14.4 Å². The Hall–Kier alpha value is -3.23. The van der Waals surface area contributed by atoms with Crippen LogP contribution < -0.4 is 21.5 Å². The molecule has 1 heterocycles. The van der Waals surface area contributed by atoms with E-state index in [4.69, 9.17) is 5.84 Å². The van der Waals surface area contributed by atoms with Crippen LogP contribution in [0.2, 0.25) is 0 Å². The van der Waals surface area contributed by atoms with E-state index in [0.29, 0.717) is 16.1 Å². The molecule has 0 aliphatic carbocycles. The minimum absolute atomic E-state index is 0.235. The second-order valence-corrected chi connectivity index (χ2v) is 5.00. The Morgan fingerprint density at radius 3 is 2.57 bits per heavy atom. The Bertz CT molecular complexity index is 815. The molecule has 1 amide bonds.